The lowest BCUT2D eigenvalue weighted by Gasteiger charge is -2.27. The van der Waals surface area contributed by atoms with Gasteiger partial charge in [0.1, 0.15) is 0 Å². The fourth-order valence-corrected chi connectivity index (χ4v) is 4.64. The Hall–Kier alpha value is -0.660. The normalized spacial score (nSPS) is 41.8. The number of primary amides is 1. The summed E-state index contributed by atoms with van der Waals surface area (Å²) < 4.78 is 23.0. The van der Waals surface area contributed by atoms with Crippen LogP contribution in [-0.4, -0.2) is 55.9 Å². The third-order valence-corrected chi connectivity index (χ3v) is 5.67. The number of rotatable bonds is 2. The minimum atomic E-state index is -3.02. The topological polar surface area (TPSA) is 106 Å². The van der Waals surface area contributed by atoms with E-state index in [1.165, 1.54) is 0 Å². The number of nitrogens with two attached hydrogens (primary N) is 2. The molecule has 98 valence electrons. The number of likely N-dealkylation sites (tertiary alicyclic amines) is 1. The number of hydrogen-bond donors (Lipinski definition) is 2. The van der Waals surface area contributed by atoms with E-state index in [0.29, 0.717) is 19.5 Å². The lowest BCUT2D eigenvalue weighted by atomic mass is 9.89. The molecule has 6 nitrogen and oxygen atoms in total. The Morgan fingerprint density at radius 2 is 2.06 bits per heavy atom. The van der Waals surface area contributed by atoms with E-state index in [2.05, 4.69) is 0 Å². The van der Waals surface area contributed by atoms with Crippen LogP contribution in [-0.2, 0) is 14.6 Å². The van der Waals surface area contributed by atoms with Crippen molar-refractivity contribution in [1.29, 1.82) is 0 Å². The highest BCUT2D eigenvalue weighted by atomic mass is 32.2. The van der Waals surface area contributed by atoms with Gasteiger partial charge in [-0.3, -0.25) is 9.69 Å². The van der Waals surface area contributed by atoms with E-state index in [-0.39, 0.29) is 29.5 Å². The molecule has 0 aliphatic carbocycles. The second-order valence-electron chi connectivity index (χ2n) is 5.45. The molecule has 4 N–H and O–H groups in total. The number of amides is 1. The third kappa shape index (κ3) is 2.31. The Labute approximate surface area is 101 Å². The molecule has 0 bridgehead atoms. The number of carbonyl (C=O) groups excluding carboxylic acids is 1. The molecule has 17 heavy (non-hydrogen) atoms. The summed E-state index contributed by atoms with van der Waals surface area (Å²) in [5.41, 5.74) is 10.7. The van der Waals surface area contributed by atoms with Gasteiger partial charge in [0.2, 0.25) is 5.91 Å². The van der Waals surface area contributed by atoms with Crippen molar-refractivity contribution in [1.82, 2.24) is 4.90 Å². The molecule has 2 saturated heterocycles. The molecule has 2 aliphatic heterocycles. The Morgan fingerprint density at radius 1 is 1.41 bits per heavy atom. The monoisotopic (exact) mass is 261 g/mol. The Balaban J connectivity index is 2.10. The van der Waals surface area contributed by atoms with Gasteiger partial charge in [0.25, 0.3) is 0 Å². The maximum atomic E-state index is 11.5. The third-order valence-electron chi connectivity index (χ3n) is 3.93. The first-order valence-electron chi connectivity index (χ1n) is 5.73. The molecule has 0 aromatic heterocycles. The average Bonchev–Trinajstić information content (AvgIpc) is 2.68. The van der Waals surface area contributed by atoms with E-state index in [1.54, 1.807) is 0 Å². The smallest absolute Gasteiger partial charge is 0.224 e. The number of sulfone groups is 1. The maximum absolute atomic E-state index is 11.5. The van der Waals surface area contributed by atoms with Crippen LogP contribution in [0.1, 0.15) is 13.3 Å². The molecule has 7 heteroatoms. The van der Waals surface area contributed by atoms with Gasteiger partial charge >= 0.3 is 0 Å². The highest BCUT2D eigenvalue weighted by Crippen LogP contribution is 2.32. The summed E-state index contributed by atoms with van der Waals surface area (Å²) in [5, 5.41) is 0. The van der Waals surface area contributed by atoms with E-state index in [4.69, 9.17) is 11.5 Å². The van der Waals surface area contributed by atoms with Gasteiger partial charge in [0.15, 0.2) is 9.84 Å². The van der Waals surface area contributed by atoms with Gasteiger partial charge in [-0.1, -0.05) is 0 Å². The summed E-state index contributed by atoms with van der Waals surface area (Å²) in [4.78, 5) is 13.3. The van der Waals surface area contributed by atoms with Crippen LogP contribution in [0.4, 0.5) is 0 Å². The Bertz CT molecular complexity index is 436. The van der Waals surface area contributed by atoms with Crippen molar-refractivity contribution in [3.8, 4) is 0 Å². The van der Waals surface area contributed by atoms with Gasteiger partial charge in [0, 0.05) is 18.6 Å². The molecule has 1 amide bonds. The largest absolute Gasteiger partial charge is 0.369 e. The minimum Gasteiger partial charge on any atom is -0.369 e. The van der Waals surface area contributed by atoms with E-state index in [0.717, 1.165) is 0 Å². The number of nitrogens with zero attached hydrogens (tertiary/aromatic N) is 1. The second-order valence-corrected chi connectivity index (χ2v) is 7.61. The van der Waals surface area contributed by atoms with E-state index in [1.807, 2.05) is 11.8 Å². The Kier molecular flexibility index (Phi) is 2.95. The van der Waals surface area contributed by atoms with Crippen LogP contribution in [0.25, 0.3) is 0 Å². The summed E-state index contributed by atoms with van der Waals surface area (Å²) in [6, 6.07) is -0.517. The van der Waals surface area contributed by atoms with Crippen molar-refractivity contribution >= 4 is 15.7 Å². The molecule has 0 saturated carbocycles. The highest BCUT2D eigenvalue weighted by molar-refractivity contribution is 7.91. The van der Waals surface area contributed by atoms with E-state index >= 15 is 0 Å². The predicted octanol–water partition coefficient (Wildman–Crippen LogP) is -1.69. The lowest BCUT2D eigenvalue weighted by Crippen LogP contribution is -2.47. The first-order chi connectivity index (χ1) is 7.73. The van der Waals surface area contributed by atoms with E-state index < -0.39 is 15.3 Å². The molecular formula is C10H19N3O3S. The molecule has 0 radical (unpaired) electrons. The quantitative estimate of drug-likeness (QED) is 0.617. The van der Waals surface area contributed by atoms with Crippen molar-refractivity contribution in [2.45, 2.75) is 25.4 Å². The summed E-state index contributed by atoms with van der Waals surface area (Å²) in [5.74, 6) is -0.181. The van der Waals surface area contributed by atoms with E-state index in [9.17, 15) is 13.2 Å². The molecule has 2 rings (SSSR count). The molecule has 0 spiro atoms. The molecular weight excluding hydrogens is 242 g/mol. The highest BCUT2D eigenvalue weighted by Gasteiger charge is 2.46. The van der Waals surface area contributed by atoms with Gasteiger partial charge in [-0.15, -0.1) is 0 Å². The van der Waals surface area contributed by atoms with Crippen LogP contribution in [0.2, 0.25) is 0 Å². The SMILES string of the molecule is CC1(C(N)=O)CCN(C2CS(=O)(=O)CC2N)C1. The molecule has 2 heterocycles. The van der Waals surface area contributed by atoms with Crippen molar-refractivity contribution in [3.63, 3.8) is 0 Å². The summed E-state index contributed by atoms with van der Waals surface area (Å²) in [6.45, 7) is 3.02. The van der Waals surface area contributed by atoms with Crippen LogP contribution in [0, 0.1) is 5.41 Å². The van der Waals surface area contributed by atoms with Gasteiger partial charge in [-0.2, -0.15) is 0 Å². The van der Waals surface area contributed by atoms with Crippen LogP contribution in [0.15, 0.2) is 0 Å². The molecule has 2 fully saturated rings. The average molecular weight is 261 g/mol. The van der Waals surface area contributed by atoms with Crippen molar-refractivity contribution in [2.75, 3.05) is 24.6 Å². The number of carbonyl (C=O) groups is 1. The Morgan fingerprint density at radius 3 is 2.47 bits per heavy atom. The molecule has 3 unspecified atom stereocenters. The summed E-state index contributed by atoms with van der Waals surface area (Å²) >= 11 is 0. The van der Waals surface area contributed by atoms with Gasteiger partial charge in [-0.05, 0) is 19.9 Å². The zero-order valence-electron chi connectivity index (χ0n) is 9.93. The first-order valence-corrected chi connectivity index (χ1v) is 7.56. The summed E-state index contributed by atoms with van der Waals surface area (Å²) in [7, 11) is -3.02. The maximum Gasteiger partial charge on any atom is 0.224 e. The van der Waals surface area contributed by atoms with Crippen molar-refractivity contribution < 1.29 is 13.2 Å². The summed E-state index contributed by atoms with van der Waals surface area (Å²) in [6.07, 6.45) is 0.672. The van der Waals surface area contributed by atoms with Crippen LogP contribution in [0.3, 0.4) is 0 Å². The molecule has 0 aromatic rings. The fraction of sp³-hybridized carbons (Fsp3) is 0.900. The van der Waals surface area contributed by atoms with Crippen LogP contribution >= 0.6 is 0 Å². The first kappa shape index (κ1) is 12.8. The second kappa shape index (κ2) is 3.93. The molecule has 2 aliphatic rings. The van der Waals surface area contributed by atoms with Crippen LogP contribution < -0.4 is 11.5 Å². The minimum absolute atomic E-state index is 0.0431. The lowest BCUT2D eigenvalue weighted by molar-refractivity contribution is -0.126. The molecule has 3 atom stereocenters. The van der Waals surface area contributed by atoms with Crippen LogP contribution in [0.5, 0.6) is 0 Å². The van der Waals surface area contributed by atoms with Gasteiger partial charge < -0.3 is 11.5 Å². The van der Waals surface area contributed by atoms with Gasteiger partial charge in [-0.25, -0.2) is 8.42 Å². The number of hydrogen-bond acceptors (Lipinski definition) is 5. The van der Waals surface area contributed by atoms with Gasteiger partial charge in [0.05, 0.1) is 16.9 Å². The molecule has 0 aromatic carbocycles. The fourth-order valence-electron chi connectivity index (χ4n) is 2.71. The van der Waals surface area contributed by atoms with Crippen molar-refractivity contribution in [2.24, 2.45) is 16.9 Å². The zero-order chi connectivity index (χ0) is 12.8. The standard InChI is InChI=1S/C10H19N3O3S/c1-10(9(12)14)2-3-13(6-10)8-5-17(15,16)4-7(8)11/h7-8H,2-6,11H2,1H3,(H2,12,14). The predicted molar refractivity (Wildman–Crippen MR) is 63.9 cm³/mol. The zero-order valence-corrected chi connectivity index (χ0v) is 10.7. The van der Waals surface area contributed by atoms with Crippen molar-refractivity contribution in [3.05, 3.63) is 0 Å².